The van der Waals surface area contributed by atoms with E-state index in [4.69, 9.17) is 21.1 Å². The molecule has 1 amide bonds. The number of benzene rings is 2. The van der Waals surface area contributed by atoms with Crippen molar-refractivity contribution in [2.24, 2.45) is 0 Å². The van der Waals surface area contributed by atoms with Crippen molar-refractivity contribution in [3.8, 4) is 11.5 Å². The Labute approximate surface area is 151 Å². The van der Waals surface area contributed by atoms with Gasteiger partial charge >= 0.3 is 5.97 Å². The van der Waals surface area contributed by atoms with Crippen LogP contribution in [0.5, 0.6) is 11.5 Å². The highest BCUT2D eigenvalue weighted by molar-refractivity contribution is 6.32. The normalized spacial score (nSPS) is 11.5. The summed E-state index contributed by atoms with van der Waals surface area (Å²) in [5, 5.41) is 3.12. The molecule has 0 radical (unpaired) electrons. The third kappa shape index (κ3) is 5.50. The van der Waals surface area contributed by atoms with E-state index >= 15 is 0 Å². The molecule has 0 heterocycles. The highest BCUT2D eigenvalue weighted by atomic mass is 35.5. The van der Waals surface area contributed by atoms with Crippen molar-refractivity contribution in [2.75, 3.05) is 7.11 Å². The zero-order valence-electron chi connectivity index (χ0n) is 14.3. The molecule has 0 aliphatic heterocycles. The van der Waals surface area contributed by atoms with Crippen molar-refractivity contribution in [1.82, 2.24) is 5.32 Å². The Balaban J connectivity index is 2.13. The quantitative estimate of drug-likeness (QED) is 0.627. The van der Waals surface area contributed by atoms with E-state index in [1.165, 1.54) is 6.92 Å². The first-order valence-electron chi connectivity index (χ1n) is 7.77. The van der Waals surface area contributed by atoms with Crippen LogP contribution in [0.25, 0.3) is 0 Å². The van der Waals surface area contributed by atoms with Crippen LogP contribution in [0.15, 0.2) is 42.5 Å². The van der Waals surface area contributed by atoms with Gasteiger partial charge in [0.1, 0.15) is 11.5 Å². The molecule has 0 bridgehead atoms. The second-order valence-corrected chi connectivity index (χ2v) is 6.05. The molecule has 0 saturated heterocycles. The summed E-state index contributed by atoms with van der Waals surface area (Å²) in [6.07, 6.45) is -0.0177. The van der Waals surface area contributed by atoms with Gasteiger partial charge in [-0.3, -0.25) is 9.59 Å². The number of nitrogens with one attached hydrogen (secondary N) is 1. The maximum absolute atomic E-state index is 12.3. The van der Waals surface area contributed by atoms with E-state index in [1.54, 1.807) is 43.5 Å². The van der Waals surface area contributed by atoms with Crippen LogP contribution in [-0.2, 0) is 9.59 Å². The van der Waals surface area contributed by atoms with Gasteiger partial charge in [-0.1, -0.05) is 29.8 Å². The number of hydrogen-bond donors (Lipinski definition) is 1. The van der Waals surface area contributed by atoms with Crippen LogP contribution in [0.2, 0.25) is 5.02 Å². The van der Waals surface area contributed by atoms with Crippen molar-refractivity contribution >= 4 is 23.5 Å². The highest BCUT2D eigenvalue weighted by Crippen LogP contribution is 2.27. The highest BCUT2D eigenvalue weighted by Gasteiger charge is 2.19. The second kappa shape index (κ2) is 8.53. The molecule has 0 aromatic heterocycles. The monoisotopic (exact) mass is 361 g/mol. The predicted octanol–water partition coefficient (Wildman–Crippen LogP) is 3.83. The summed E-state index contributed by atoms with van der Waals surface area (Å²) in [7, 11) is 1.57. The van der Waals surface area contributed by atoms with Crippen LogP contribution in [0.1, 0.15) is 30.5 Å². The number of aryl methyl sites for hydroxylation is 1. The zero-order chi connectivity index (χ0) is 18.4. The van der Waals surface area contributed by atoms with Gasteiger partial charge < -0.3 is 14.8 Å². The number of ether oxygens (including phenoxy) is 2. The molecule has 2 rings (SSSR count). The minimum atomic E-state index is -0.500. The second-order valence-electron chi connectivity index (χ2n) is 5.64. The van der Waals surface area contributed by atoms with Gasteiger partial charge in [-0.15, -0.1) is 0 Å². The van der Waals surface area contributed by atoms with Crippen LogP contribution < -0.4 is 14.8 Å². The molecule has 1 N–H and O–H groups in total. The lowest BCUT2D eigenvalue weighted by atomic mass is 10.0. The van der Waals surface area contributed by atoms with E-state index in [-0.39, 0.29) is 12.3 Å². The number of hydrogen-bond acceptors (Lipinski definition) is 4. The van der Waals surface area contributed by atoms with Crippen LogP contribution >= 0.6 is 11.6 Å². The SMILES string of the molecule is COc1ccc(C(CC(=O)Oc2cc(C)ccc2Cl)NC(C)=O)cc1. The van der Waals surface area contributed by atoms with E-state index in [0.29, 0.717) is 16.5 Å². The number of methoxy groups -OCH3 is 1. The Kier molecular flexibility index (Phi) is 6.42. The Morgan fingerprint density at radius 1 is 1.16 bits per heavy atom. The molecular weight excluding hydrogens is 342 g/mol. The van der Waals surface area contributed by atoms with Crippen molar-refractivity contribution in [2.45, 2.75) is 26.3 Å². The Bertz CT molecular complexity index is 759. The van der Waals surface area contributed by atoms with Gasteiger partial charge in [0, 0.05) is 6.92 Å². The summed E-state index contributed by atoms with van der Waals surface area (Å²) in [4.78, 5) is 23.8. The molecule has 1 atom stereocenters. The van der Waals surface area contributed by atoms with Crippen LogP contribution in [-0.4, -0.2) is 19.0 Å². The maximum atomic E-state index is 12.3. The van der Waals surface area contributed by atoms with Crippen molar-refractivity contribution < 1.29 is 19.1 Å². The molecule has 1 unspecified atom stereocenters. The van der Waals surface area contributed by atoms with Crippen LogP contribution in [0.4, 0.5) is 0 Å². The smallest absolute Gasteiger partial charge is 0.313 e. The van der Waals surface area contributed by atoms with E-state index in [2.05, 4.69) is 5.32 Å². The van der Waals surface area contributed by atoms with Gasteiger partial charge in [0.15, 0.2) is 0 Å². The molecule has 25 heavy (non-hydrogen) atoms. The Morgan fingerprint density at radius 2 is 1.84 bits per heavy atom. The molecule has 0 spiro atoms. The number of amides is 1. The standard InChI is InChI=1S/C19H20ClNO4/c1-12-4-9-16(20)18(10-12)25-19(23)11-17(21-13(2)22)14-5-7-15(24-3)8-6-14/h4-10,17H,11H2,1-3H3,(H,21,22). The van der Waals surface area contributed by atoms with Gasteiger partial charge in [-0.25, -0.2) is 0 Å². The first-order valence-corrected chi connectivity index (χ1v) is 8.14. The molecular formula is C19H20ClNO4. The Morgan fingerprint density at radius 3 is 2.44 bits per heavy atom. The van der Waals surface area contributed by atoms with Gasteiger partial charge in [0.25, 0.3) is 0 Å². The molecule has 5 nitrogen and oxygen atoms in total. The number of rotatable bonds is 6. The minimum Gasteiger partial charge on any atom is -0.497 e. The first kappa shape index (κ1) is 18.8. The minimum absolute atomic E-state index is 0.0177. The maximum Gasteiger partial charge on any atom is 0.313 e. The summed E-state index contributed by atoms with van der Waals surface area (Å²) in [5.74, 6) is 0.284. The lowest BCUT2D eigenvalue weighted by Gasteiger charge is -2.18. The lowest BCUT2D eigenvalue weighted by Crippen LogP contribution is -2.29. The number of carbonyl (C=O) groups excluding carboxylic acids is 2. The molecule has 0 aliphatic rings. The molecule has 0 aliphatic carbocycles. The third-order valence-corrected chi connectivity index (χ3v) is 3.89. The van der Waals surface area contributed by atoms with Gasteiger partial charge in [0.05, 0.1) is 24.6 Å². The molecule has 0 saturated carbocycles. The lowest BCUT2D eigenvalue weighted by molar-refractivity contribution is -0.135. The molecule has 6 heteroatoms. The molecule has 0 fully saturated rings. The number of esters is 1. The summed E-state index contributed by atoms with van der Waals surface area (Å²) >= 11 is 6.05. The summed E-state index contributed by atoms with van der Waals surface area (Å²) in [6.45, 7) is 3.28. The summed E-state index contributed by atoms with van der Waals surface area (Å²) in [6, 6.07) is 11.8. The molecule has 132 valence electrons. The fourth-order valence-corrected chi connectivity index (χ4v) is 2.51. The van der Waals surface area contributed by atoms with Crippen LogP contribution in [0.3, 0.4) is 0 Å². The fourth-order valence-electron chi connectivity index (χ4n) is 2.35. The van der Waals surface area contributed by atoms with Crippen molar-refractivity contribution in [3.05, 3.63) is 58.6 Å². The van der Waals surface area contributed by atoms with Gasteiger partial charge in [0.2, 0.25) is 5.91 Å². The summed E-state index contributed by atoms with van der Waals surface area (Å²) < 4.78 is 10.5. The molecule has 2 aromatic carbocycles. The largest absolute Gasteiger partial charge is 0.497 e. The topological polar surface area (TPSA) is 64.6 Å². The average molecular weight is 362 g/mol. The van der Waals surface area contributed by atoms with Crippen molar-refractivity contribution in [3.63, 3.8) is 0 Å². The number of halogens is 1. The van der Waals surface area contributed by atoms with Gasteiger partial charge in [-0.05, 0) is 42.3 Å². The van der Waals surface area contributed by atoms with Crippen LogP contribution in [0, 0.1) is 6.92 Å². The van der Waals surface area contributed by atoms with Gasteiger partial charge in [-0.2, -0.15) is 0 Å². The fraction of sp³-hybridized carbons (Fsp3) is 0.263. The first-order chi connectivity index (χ1) is 11.9. The summed E-state index contributed by atoms with van der Waals surface area (Å²) in [5.41, 5.74) is 1.71. The third-order valence-electron chi connectivity index (χ3n) is 3.58. The average Bonchev–Trinajstić information content (AvgIpc) is 2.57. The Hall–Kier alpha value is -2.53. The van der Waals surface area contributed by atoms with E-state index in [9.17, 15) is 9.59 Å². The van der Waals surface area contributed by atoms with E-state index < -0.39 is 12.0 Å². The molecule has 2 aromatic rings. The number of carbonyl (C=O) groups is 2. The zero-order valence-corrected chi connectivity index (χ0v) is 15.1. The van der Waals surface area contributed by atoms with E-state index in [0.717, 1.165) is 11.1 Å². The predicted molar refractivity (Wildman–Crippen MR) is 96.0 cm³/mol. The van der Waals surface area contributed by atoms with E-state index in [1.807, 2.05) is 13.0 Å². The van der Waals surface area contributed by atoms with Crippen molar-refractivity contribution in [1.29, 1.82) is 0 Å².